The highest BCUT2D eigenvalue weighted by Crippen LogP contribution is 2.22. The highest BCUT2D eigenvalue weighted by atomic mass is 19.1. The van der Waals surface area contributed by atoms with Crippen molar-refractivity contribution in [3.63, 3.8) is 0 Å². The third kappa shape index (κ3) is 3.13. The van der Waals surface area contributed by atoms with Gasteiger partial charge in [0.25, 0.3) is 0 Å². The molecule has 19 heavy (non-hydrogen) atoms. The smallest absolute Gasteiger partial charge is 0.218 e. The molecule has 1 aromatic carbocycles. The first-order valence-corrected chi connectivity index (χ1v) is 5.80. The molecule has 5 heteroatoms. The minimum absolute atomic E-state index is 0.211. The van der Waals surface area contributed by atoms with Crippen LogP contribution >= 0.6 is 0 Å². The number of methoxy groups -OCH3 is 2. The number of pyridine rings is 1. The predicted molar refractivity (Wildman–Crippen MR) is 71.1 cm³/mol. The Morgan fingerprint density at radius 2 is 2.05 bits per heavy atom. The van der Waals surface area contributed by atoms with E-state index in [9.17, 15) is 4.39 Å². The van der Waals surface area contributed by atoms with Gasteiger partial charge in [0.2, 0.25) is 5.88 Å². The van der Waals surface area contributed by atoms with E-state index < -0.39 is 0 Å². The largest absolute Gasteiger partial charge is 0.494 e. The van der Waals surface area contributed by atoms with Crippen LogP contribution in [-0.4, -0.2) is 19.2 Å². The van der Waals surface area contributed by atoms with Crippen LogP contribution in [0.3, 0.4) is 0 Å². The molecule has 1 N–H and O–H groups in total. The minimum Gasteiger partial charge on any atom is -0.494 e. The second-order valence-electron chi connectivity index (χ2n) is 3.87. The van der Waals surface area contributed by atoms with Crippen molar-refractivity contribution in [1.29, 1.82) is 0 Å². The maximum atomic E-state index is 13.3. The van der Waals surface area contributed by atoms with E-state index >= 15 is 0 Å². The quantitative estimate of drug-likeness (QED) is 0.899. The molecule has 0 fully saturated rings. The number of hydrogen-bond donors (Lipinski definition) is 1. The van der Waals surface area contributed by atoms with Gasteiger partial charge in [0, 0.05) is 30.1 Å². The molecule has 1 aromatic heterocycles. The maximum absolute atomic E-state index is 13.3. The van der Waals surface area contributed by atoms with Gasteiger partial charge in [0.05, 0.1) is 14.2 Å². The Balaban J connectivity index is 2.10. The molecule has 0 saturated carbocycles. The number of ether oxygens (including phenoxy) is 2. The molecule has 1 heterocycles. The lowest BCUT2D eigenvalue weighted by Gasteiger charge is -2.10. The Morgan fingerprint density at radius 1 is 1.21 bits per heavy atom. The second-order valence-corrected chi connectivity index (χ2v) is 3.87. The standard InChI is InChI=1S/C14H15FN2O2/c1-18-13-8-11(5-6-12(13)15)17-9-10-4-3-7-16-14(10)19-2/h3-8,17H,9H2,1-2H3. The summed E-state index contributed by atoms with van der Waals surface area (Å²) in [4.78, 5) is 4.11. The molecule has 0 aliphatic heterocycles. The summed E-state index contributed by atoms with van der Waals surface area (Å²) in [5, 5.41) is 3.17. The van der Waals surface area contributed by atoms with Gasteiger partial charge in [-0.2, -0.15) is 0 Å². The molecule has 0 saturated heterocycles. The Labute approximate surface area is 111 Å². The first-order valence-electron chi connectivity index (χ1n) is 5.80. The number of hydrogen-bond acceptors (Lipinski definition) is 4. The minimum atomic E-state index is -0.382. The lowest BCUT2D eigenvalue weighted by Crippen LogP contribution is -2.03. The van der Waals surface area contributed by atoms with E-state index in [2.05, 4.69) is 10.3 Å². The van der Waals surface area contributed by atoms with Crippen LogP contribution in [0.15, 0.2) is 36.5 Å². The zero-order valence-corrected chi connectivity index (χ0v) is 10.8. The fraction of sp³-hybridized carbons (Fsp3) is 0.214. The van der Waals surface area contributed by atoms with Gasteiger partial charge in [0.15, 0.2) is 11.6 Å². The van der Waals surface area contributed by atoms with Gasteiger partial charge >= 0.3 is 0 Å². The van der Waals surface area contributed by atoms with Crippen molar-refractivity contribution in [2.24, 2.45) is 0 Å². The van der Waals surface area contributed by atoms with Crippen molar-refractivity contribution in [3.8, 4) is 11.6 Å². The van der Waals surface area contributed by atoms with Gasteiger partial charge < -0.3 is 14.8 Å². The van der Waals surface area contributed by atoms with E-state index in [0.717, 1.165) is 11.3 Å². The summed E-state index contributed by atoms with van der Waals surface area (Å²) in [6, 6.07) is 8.38. The van der Waals surface area contributed by atoms with Crippen LogP contribution in [0.4, 0.5) is 10.1 Å². The van der Waals surface area contributed by atoms with Crippen LogP contribution in [0.25, 0.3) is 0 Å². The highest BCUT2D eigenvalue weighted by molar-refractivity contribution is 5.49. The number of halogens is 1. The van der Waals surface area contributed by atoms with Gasteiger partial charge in [0.1, 0.15) is 0 Å². The van der Waals surface area contributed by atoms with E-state index in [0.29, 0.717) is 12.4 Å². The topological polar surface area (TPSA) is 43.4 Å². The van der Waals surface area contributed by atoms with E-state index in [-0.39, 0.29) is 11.6 Å². The molecular formula is C14H15FN2O2. The van der Waals surface area contributed by atoms with Crippen LogP contribution in [0.1, 0.15) is 5.56 Å². The second kappa shape index (κ2) is 6.04. The van der Waals surface area contributed by atoms with Crippen molar-refractivity contribution in [2.45, 2.75) is 6.54 Å². The van der Waals surface area contributed by atoms with Crippen LogP contribution in [0.2, 0.25) is 0 Å². The van der Waals surface area contributed by atoms with Crippen LogP contribution in [-0.2, 0) is 6.54 Å². The summed E-state index contributed by atoms with van der Waals surface area (Å²) in [5.41, 5.74) is 1.69. The molecule has 2 rings (SSSR count). The number of benzene rings is 1. The average Bonchev–Trinajstić information content (AvgIpc) is 2.46. The molecule has 0 aliphatic carbocycles. The Kier molecular flexibility index (Phi) is 4.18. The maximum Gasteiger partial charge on any atom is 0.218 e. The highest BCUT2D eigenvalue weighted by Gasteiger charge is 2.05. The molecule has 0 atom stereocenters. The molecule has 100 valence electrons. The Hall–Kier alpha value is -2.30. The lowest BCUT2D eigenvalue weighted by atomic mass is 10.2. The van der Waals surface area contributed by atoms with Crippen molar-refractivity contribution < 1.29 is 13.9 Å². The Bertz CT molecular complexity index is 561. The van der Waals surface area contributed by atoms with Crippen molar-refractivity contribution in [3.05, 3.63) is 47.9 Å². The van der Waals surface area contributed by atoms with Crippen LogP contribution in [0.5, 0.6) is 11.6 Å². The van der Waals surface area contributed by atoms with E-state index in [1.807, 2.05) is 12.1 Å². The summed E-state index contributed by atoms with van der Waals surface area (Å²) in [6.07, 6.45) is 1.67. The van der Waals surface area contributed by atoms with Crippen LogP contribution < -0.4 is 14.8 Å². The zero-order valence-electron chi connectivity index (χ0n) is 10.8. The van der Waals surface area contributed by atoms with E-state index in [1.54, 1.807) is 25.4 Å². The molecule has 0 spiro atoms. The van der Waals surface area contributed by atoms with Crippen molar-refractivity contribution in [1.82, 2.24) is 4.98 Å². The van der Waals surface area contributed by atoms with Gasteiger partial charge in [-0.15, -0.1) is 0 Å². The number of rotatable bonds is 5. The molecule has 0 radical (unpaired) electrons. The van der Waals surface area contributed by atoms with Crippen molar-refractivity contribution >= 4 is 5.69 Å². The molecule has 2 aromatic rings. The summed E-state index contributed by atoms with van der Waals surface area (Å²) in [5.74, 6) is 0.402. The fourth-order valence-corrected chi connectivity index (χ4v) is 1.71. The normalized spacial score (nSPS) is 10.1. The van der Waals surface area contributed by atoms with Gasteiger partial charge in [-0.3, -0.25) is 0 Å². The molecule has 0 aliphatic rings. The van der Waals surface area contributed by atoms with Gasteiger partial charge in [-0.05, 0) is 18.2 Å². The third-order valence-corrected chi connectivity index (χ3v) is 2.68. The summed E-state index contributed by atoms with van der Waals surface area (Å²) < 4.78 is 23.4. The van der Waals surface area contributed by atoms with Crippen molar-refractivity contribution in [2.75, 3.05) is 19.5 Å². The number of nitrogens with zero attached hydrogens (tertiary/aromatic N) is 1. The van der Waals surface area contributed by atoms with Crippen LogP contribution in [0, 0.1) is 5.82 Å². The lowest BCUT2D eigenvalue weighted by molar-refractivity contribution is 0.386. The zero-order chi connectivity index (χ0) is 13.7. The fourth-order valence-electron chi connectivity index (χ4n) is 1.71. The first-order chi connectivity index (χ1) is 9.24. The predicted octanol–water partition coefficient (Wildman–Crippen LogP) is 2.85. The number of anilines is 1. The molecular weight excluding hydrogens is 247 g/mol. The summed E-state index contributed by atoms with van der Waals surface area (Å²) in [6.45, 7) is 0.534. The molecule has 0 unspecified atom stereocenters. The molecule has 0 bridgehead atoms. The summed E-state index contributed by atoms with van der Waals surface area (Å²) >= 11 is 0. The number of nitrogens with one attached hydrogen (secondary N) is 1. The van der Waals surface area contributed by atoms with E-state index in [1.165, 1.54) is 13.2 Å². The molecule has 4 nitrogen and oxygen atoms in total. The van der Waals surface area contributed by atoms with Gasteiger partial charge in [-0.25, -0.2) is 9.37 Å². The first kappa shape index (κ1) is 13.1. The summed E-state index contributed by atoms with van der Waals surface area (Å²) in [7, 11) is 3.01. The molecule has 0 amide bonds. The van der Waals surface area contributed by atoms with Gasteiger partial charge in [-0.1, -0.05) is 6.07 Å². The third-order valence-electron chi connectivity index (χ3n) is 2.68. The monoisotopic (exact) mass is 262 g/mol. The average molecular weight is 262 g/mol. The number of aromatic nitrogens is 1. The SMILES string of the molecule is COc1cc(NCc2cccnc2OC)ccc1F. The van der Waals surface area contributed by atoms with E-state index in [4.69, 9.17) is 9.47 Å². The Morgan fingerprint density at radius 3 is 2.79 bits per heavy atom.